The molecule has 21 heavy (non-hydrogen) atoms. The average molecular weight is 322 g/mol. The number of nitrogens with zero attached hydrogens (tertiary/aromatic N) is 2. The summed E-state index contributed by atoms with van der Waals surface area (Å²) < 4.78 is 70.3. The summed E-state index contributed by atoms with van der Waals surface area (Å²) in [4.78, 5) is 12.2. The highest BCUT2D eigenvalue weighted by molar-refractivity contribution is 7.89. The van der Waals surface area contributed by atoms with Gasteiger partial charge in [0.25, 0.3) is 10.0 Å². The highest BCUT2D eigenvalue weighted by atomic mass is 32.2. The Morgan fingerprint density at radius 1 is 1.29 bits per heavy atom. The molecule has 1 fully saturated rings. The van der Waals surface area contributed by atoms with Crippen molar-refractivity contribution in [2.24, 2.45) is 4.99 Å². The first-order valence-corrected chi connectivity index (χ1v) is 7.13. The average Bonchev–Trinajstić information content (AvgIpc) is 2.37. The number of morpholine rings is 1. The molecule has 1 unspecified atom stereocenters. The number of carbonyl (C=O) groups excluding carboxylic acids is 1. The highest BCUT2D eigenvalue weighted by Crippen LogP contribution is 2.26. The van der Waals surface area contributed by atoms with Gasteiger partial charge in [-0.3, -0.25) is 0 Å². The monoisotopic (exact) mass is 322 g/mol. The van der Waals surface area contributed by atoms with Gasteiger partial charge >= 0.3 is 0 Å². The molecular weight excluding hydrogens is 313 g/mol. The van der Waals surface area contributed by atoms with Crippen LogP contribution in [0.3, 0.4) is 0 Å². The van der Waals surface area contributed by atoms with E-state index in [1.54, 1.807) is 0 Å². The minimum Gasteiger partial charge on any atom is -0.376 e. The van der Waals surface area contributed by atoms with Crippen molar-refractivity contribution in [2.75, 3.05) is 19.8 Å². The molecule has 0 radical (unpaired) electrons. The van der Waals surface area contributed by atoms with Crippen LogP contribution >= 0.6 is 0 Å². The summed E-state index contributed by atoms with van der Waals surface area (Å²) in [5.74, 6) is -4.37. The van der Waals surface area contributed by atoms with Gasteiger partial charge in [0.15, 0.2) is 11.1 Å². The van der Waals surface area contributed by atoms with Gasteiger partial charge in [0, 0.05) is 18.7 Å². The number of aliphatic imine (C=N–C) groups is 1. The molecule has 1 aliphatic rings. The lowest BCUT2D eigenvalue weighted by atomic mass is 10.3. The lowest BCUT2D eigenvalue weighted by Crippen LogP contribution is -2.48. The molecule has 1 atom stereocenters. The maximum atomic E-state index is 13.6. The van der Waals surface area contributed by atoms with Crippen molar-refractivity contribution >= 4 is 16.1 Å². The fourth-order valence-corrected chi connectivity index (χ4v) is 3.50. The van der Waals surface area contributed by atoms with Crippen molar-refractivity contribution in [3.05, 3.63) is 29.6 Å². The van der Waals surface area contributed by atoms with Crippen molar-refractivity contribution in [1.29, 1.82) is 0 Å². The number of hydrogen-bond acceptors (Lipinski definition) is 5. The molecule has 1 aromatic carbocycles. The number of hydrogen-bond donors (Lipinski definition) is 0. The van der Waals surface area contributed by atoms with E-state index in [2.05, 4.69) is 4.99 Å². The van der Waals surface area contributed by atoms with Gasteiger partial charge < -0.3 is 4.74 Å². The second kappa shape index (κ2) is 5.94. The van der Waals surface area contributed by atoms with Crippen LogP contribution in [0.4, 0.5) is 13.2 Å². The first-order chi connectivity index (χ1) is 9.87. The maximum absolute atomic E-state index is 13.6. The van der Waals surface area contributed by atoms with Crippen molar-refractivity contribution in [3.63, 3.8) is 0 Å². The summed E-state index contributed by atoms with van der Waals surface area (Å²) in [7, 11) is -4.65. The molecule has 1 aliphatic heterocycles. The molecule has 0 N–H and O–H groups in total. The van der Waals surface area contributed by atoms with Gasteiger partial charge in [0.2, 0.25) is 6.08 Å². The Bertz CT molecular complexity index is 680. The molecule has 0 spiro atoms. The van der Waals surface area contributed by atoms with Crippen LogP contribution in [0.1, 0.15) is 0 Å². The number of benzene rings is 1. The van der Waals surface area contributed by atoms with E-state index in [0.29, 0.717) is 4.31 Å². The number of ether oxygens (including phenoxy) is 1. The normalized spacial score (nSPS) is 20.0. The van der Waals surface area contributed by atoms with Crippen molar-refractivity contribution < 1.29 is 31.1 Å². The first kappa shape index (κ1) is 15.6. The lowest BCUT2D eigenvalue weighted by Gasteiger charge is -2.31. The Balaban J connectivity index is 2.53. The van der Waals surface area contributed by atoms with E-state index in [1.165, 1.54) is 6.08 Å². The Labute approximate surface area is 117 Å². The van der Waals surface area contributed by atoms with Gasteiger partial charge in [-0.2, -0.15) is 9.30 Å². The molecule has 0 saturated carbocycles. The van der Waals surface area contributed by atoms with E-state index in [9.17, 15) is 26.4 Å². The van der Waals surface area contributed by atoms with Crippen LogP contribution in [0.25, 0.3) is 0 Å². The predicted molar refractivity (Wildman–Crippen MR) is 62.9 cm³/mol. The van der Waals surface area contributed by atoms with Crippen molar-refractivity contribution in [3.8, 4) is 0 Å². The highest BCUT2D eigenvalue weighted by Gasteiger charge is 2.38. The van der Waals surface area contributed by atoms with Gasteiger partial charge in [0.1, 0.15) is 17.5 Å². The molecule has 114 valence electrons. The number of sulfonamides is 1. The van der Waals surface area contributed by atoms with Gasteiger partial charge in [-0.05, 0) is 0 Å². The molecule has 1 heterocycles. The third kappa shape index (κ3) is 2.98. The molecule has 10 heteroatoms. The van der Waals surface area contributed by atoms with Crippen LogP contribution in [0, 0.1) is 17.5 Å². The fourth-order valence-electron chi connectivity index (χ4n) is 1.91. The summed E-state index contributed by atoms with van der Waals surface area (Å²) in [5, 5.41) is 0. The predicted octanol–water partition coefficient (Wildman–Crippen LogP) is 0.787. The standard InChI is InChI=1S/C11H9F3N2O4S/c12-7-3-8(13)11(9(14)4-7)21(18,19)16-1-2-20-5-10(16)15-6-17/h3-4,10H,1-2,5H2. The fraction of sp³-hybridized carbons (Fsp3) is 0.364. The van der Waals surface area contributed by atoms with Crippen molar-refractivity contribution in [2.45, 2.75) is 11.1 Å². The van der Waals surface area contributed by atoms with Crippen LogP contribution in [0.15, 0.2) is 22.0 Å². The van der Waals surface area contributed by atoms with E-state index in [1.807, 2.05) is 0 Å². The van der Waals surface area contributed by atoms with E-state index in [4.69, 9.17) is 4.74 Å². The summed E-state index contributed by atoms with van der Waals surface area (Å²) in [6.07, 6.45) is -0.102. The van der Waals surface area contributed by atoms with Crippen LogP contribution in [0.2, 0.25) is 0 Å². The number of rotatable bonds is 3. The molecular formula is C11H9F3N2O4S. The maximum Gasteiger partial charge on any atom is 0.250 e. The number of isocyanates is 1. The van der Waals surface area contributed by atoms with E-state index >= 15 is 0 Å². The molecule has 6 nitrogen and oxygen atoms in total. The zero-order chi connectivity index (χ0) is 15.6. The Kier molecular flexibility index (Phi) is 4.43. The zero-order valence-electron chi connectivity index (χ0n) is 10.4. The number of halogens is 3. The second-order valence-electron chi connectivity index (χ2n) is 4.09. The van der Waals surface area contributed by atoms with Crippen LogP contribution in [0.5, 0.6) is 0 Å². The molecule has 2 rings (SSSR count). The summed E-state index contributed by atoms with van der Waals surface area (Å²) in [5.41, 5.74) is 0. The third-order valence-corrected chi connectivity index (χ3v) is 4.74. The SMILES string of the molecule is O=C=NC1COCCN1S(=O)(=O)c1c(F)cc(F)cc1F. The Morgan fingerprint density at radius 3 is 2.48 bits per heavy atom. The Morgan fingerprint density at radius 2 is 1.90 bits per heavy atom. The summed E-state index contributed by atoms with van der Waals surface area (Å²) in [6, 6.07) is 0.517. The first-order valence-electron chi connectivity index (χ1n) is 5.69. The molecule has 1 saturated heterocycles. The molecule has 0 aromatic heterocycles. The minimum absolute atomic E-state index is 0.0332. The summed E-state index contributed by atoms with van der Waals surface area (Å²) >= 11 is 0. The molecule has 0 aliphatic carbocycles. The summed E-state index contributed by atoms with van der Waals surface area (Å²) in [6.45, 7) is -0.540. The third-order valence-electron chi connectivity index (χ3n) is 2.79. The molecule has 0 amide bonds. The zero-order valence-corrected chi connectivity index (χ0v) is 11.2. The van der Waals surface area contributed by atoms with Crippen LogP contribution < -0.4 is 0 Å². The van der Waals surface area contributed by atoms with Gasteiger partial charge in [-0.15, -0.1) is 0 Å². The van der Waals surface area contributed by atoms with Crippen molar-refractivity contribution in [1.82, 2.24) is 4.31 Å². The largest absolute Gasteiger partial charge is 0.376 e. The van der Waals surface area contributed by atoms with E-state index in [-0.39, 0.29) is 31.9 Å². The van der Waals surface area contributed by atoms with E-state index in [0.717, 1.165) is 0 Å². The quantitative estimate of drug-likeness (QED) is 0.609. The van der Waals surface area contributed by atoms with E-state index < -0.39 is 38.5 Å². The topological polar surface area (TPSA) is 76.0 Å². The molecule has 0 bridgehead atoms. The van der Waals surface area contributed by atoms with Gasteiger partial charge in [-0.25, -0.2) is 26.4 Å². The van der Waals surface area contributed by atoms with Crippen LogP contribution in [-0.2, 0) is 19.6 Å². The lowest BCUT2D eigenvalue weighted by molar-refractivity contribution is 0.0357. The smallest absolute Gasteiger partial charge is 0.250 e. The van der Waals surface area contributed by atoms with Gasteiger partial charge in [-0.1, -0.05) is 0 Å². The van der Waals surface area contributed by atoms with Gasteiger partial charge in [0.05, 0.1) is 13.2 Å². The van der Waals surface area contributed by atoms with Crippen LogP contribution in [-0.4, -0.2) is 44.7 Å². The minimum atomic E-state index is -4.65. The Hall–Kier alpha value is -1.74. The second-order valence-corrected chi connectivity index (χ2v) is 5.92. The molecule has 1 aromatic rings.